The van der Waals surface area contributed by atoms with Crippen molar-refractivity contribution >= 4 is 34.0 Å². The molecule has 9 heteroatoms. The number of pyridine rings is 1. The third-order valence-electron chi connectivity index (χ3n) is 5.34. The summed E-state index contributed by atoms with van der Waals surface area (Å²) in [7, 11) is 0. The van der Waals surface area contributed by atoms with Crippen molar-refractivity contribution in [2.24, 2.45) is 4.99 Å². The highest BCUT2D eigenvalue weighted by Gasteiger charge is 2.25. The molecule has 0 bridgehead atoms. The van der Waals surface area contributed by atoms with Gasteiger partial charge < -0.3 is 14.9 Å². The zero-order valence-electron chi connectivity index (χ0n) is 17.8. The Bertz CT molecular complexity index is 1010. The molecule has 2 aromatic heterocycles. The lowest BCUT2D eigenvalue weighted by atomic mass is 9.98. The zero-order chi connectivity index (χ0) is 22.5. The van der Waals surface area contributed by atoms with Gasteiger partial charge in [-0.2, -0.15) is 5.10 Å². The molecule has 3 rings (SSSR count). The van der Waals surface area contributed by atoms with E-state index in [-0.39, 0.29) is 41.6 Å². The van der Waals surface area contributed by atoms with Gasteiger partial charge in [0.15, 0.2) is 5.83 Å². The molecule has 1 fully saturated rings. The highest BCUT2D eigenvalue weighted by molar-refractivity contribution is 6.34. The molecule has 0 spiro atoms. The Labute approximate surface area is 185 Å². The maximum absolute atomic E-state index is 15.7. The van der Waals surface area contributed by atoms with Crippen LogP contribution in [-0.2, 0) is 4.74 Å². The molecular formula is C22H28ClFN4O3. The summed E-state index contributed by atoms with van der Waals surface area (Å²) in [4.78, 5) is 8.29. The maximum Gasteiger partial charge on any atom is 0.251 e. The van der Waals surface area contributed by atoms with Crippen molar-refractivity contribution < 1.29 is 19.3 Å². The lowest BCUT2D eigenvalue weighted by molar-refractivity contribution is 0.140. The Morgan fingerprint density at radius 2 is 2.00 bits per heavy atom. The monoisotopic (exact) mass is 450 g/mol. The maximum atomic E-state index is 15.7. The van der Waals surface area contributed by atoms with Gasteiger partial charge in [0.05, 0.1) is 30.2 Å². The van der Waals surface area contributed by atoms with E-state index in [4.69, 9.17) is 16.3 Å². The molecule has 1 saturated carbocycles. The Kier molecular flexibility index (Phi) is 7.80. The molecule has 2 heterocycles. The smallest absolute Gasteiger partial charge is 0.251 e. The van der Waals surface area contributed by atoms with Crippen LogP contribution in [-0.4, -0.2) is 50.2 Å². The summed E-state index contributed by atoms with van der Waals surface area (Å²) in [5.41, 5.74) is 1.37. The standard InChI is InChI=1S/C22H28ClFN4O3/c1-13(2)26-22(31-16-7-5-4-6-8-16)19(24)14(3)20-18-17(9-10-25-21(18)23)28(27-20)15(11-29)12-30/h9-10,15-16,29-30H,1,4-8,11-12H2,2-3H3/b19-14-,26-22?. The Hall–Kier alpha value is -2.29. The molecule has 1 aliphatic rings. The average Bonchev–Trinajstić information content (AvgIpc) is 3.14. The minimum atomic E-state index is -0.701. The van der Waals surface area contributed by atoms with E-state index in [0.717, 1.165) is 32.1 Å². The molecule has 0 atom stereocenters. The van der Waals surface area contributed by atoms with Crippen molar-refractivity contribution in [2.45, 2.75) is 58.1 Å². The molecule has 0 aromatic carbocycles. The first-order valence-electron chi connectivity index (χ1n) is 10.4. The van der Waals surface area contributed by atoms with Crippen LogP contribution < -0.4 is 0 Å². The molecule has 7 nitrogen and oxygen atoms in total. The van der Waals surface area contributed by atoms with E-state index in [1.54, 1.807) is 19.9 Å². The van der Waals surface area contributed by atoms with E-state index < -0.39 is 11.9 Å². The van der Waals surface area contributed by atoms with Gasteiger partial charge in [0.2, 0.25) is 0 Å². The van der Waals surface area contributed by atoms with E-state index in [1.165, 1.54) is 10.9 Å². The van der Waals surface area contributed by atoms with E-state index in [9.17, 15) is 10.2 Å². The summed E-state index contributed by atoms with van der Waals surface area (Å²) in [5.74, 6) is -0.787. The van der Waals surface area contributed by atoms with Gasteiger partial charge in [0.25, 0.3) is 5.90 Å². The highest BCUT2D eigenvalue weighted by atomic mass is 35.5. The molecule has 0 saturated heterocycles. The van der Waals surface area contributed by atoms with Crippen LogP contribution in [0, 0.1) is 0 Å². The van der Waals surface area contributed by atoms with Crippen LogP contribution in [0.5, 0.6) is 0 Å². The number of rotatable bonds is 7. The number of halogens is 2. The first-order valence-corrected chi connectivity index (χ1v) is 10.8. The van der Waals surface area contributed by atoms with Gasteiger partial charge in [-0.1, -0.05) is 24.6 Å². The van der Waals surface area contributed by atoms with E-state index in [1.807, 2.05) is 0 Å². The Morgan fingerprint density at radius 1 is 1.32 bits per heavy atom. The number of aliphatic hydroxyl groups is 2. The van der Waals surface area contributed by atoms with Gasteiger partial charge >= 0.3 is 0 Å². The lowest BCUT2D eigenvalue weighted by Crippen LogP contribution is -2.22. The number of aliphatic hydroxyl groups excluding tert-OH is 2. The quantitative estimate of drug-likeness (QED) is 0.365. The Morgan fingerprint density at radius 3 is 2.61 bits per heavy atom. The molecule has 2 N–H and O–H groups in total. The summed E-state index contributed by atoms with van der Waals surface area (Å²) >= 11 is 6.32. The van der Waals surface area contributed by atoms with Crippen LogP contribution in [0.4, 0.5) is 4.39 Å². The van der Waals surface area contributed by atoms with Gasteiger partial charge in [0, 0.05) is 17.5 Å². The molecule has 0 unspecified atom stereocenters. The SMILES string of the molecule is C=C(C)N=C(OC1CCCCC1)/C(F)=C(\C)c1nn(C(CO)CO)c2ccnc(Cl)c12. The second-order valence-corrected chi connectivity index (χ2v) is 8.14. The fourth-order valence-electron chi connectivity index (χ4n) is 3.71. The first kappa shape index (κ1) is 23.4. The van der Waals surface area contributed by atoms with Crippen molar-refractivity contribution in [3.63, 3.8) is 0 Å². The summed E-state index contributed by atoms with van der Waals surface area (Å²) in [6.45, 7) is 6.31. The third kappa shape index (κ3) is 5.14. The van der Waals surface area contributed by atoms with Crippen molar-refractivity contribution in [2.75, 3.05) is 13.2 Å². The van der Waals surface area contributed by atoms with E-state index in [2.05, 4.69) is 21.7 Å². The van der Waals surface area contributed by atoms with Crippen molar-refractivity contribution in [3.8, 4) is 0 Å². The van der Waals surface area contributed by atoms with Gasteiger partial charge in [-0.25, -0.2) is 14.4 Å². The number of ether oxygens (including phenoxy) is 1. The van der Waals surface area contributed by atoms with E-state index in [0.29, 0.717) is 16.6 Å². The molecule has 0 radical (unpaired) electrons. The third-order valence-corrected chi connectivity index (χ3v) is 5.62. The van der Waals surface area contributed by atoms with Gasteiger partial charge in [-0.3, -0.25) is 4.68 Å². The fourth-order valence-corrected chi connectivity index (χ4v) is 3.95. The lowest BCUT2D eigenvalue weighted by Gasteiger charge is -2.23. The topological polar surface area (TPSA) is 92.8 Å². The van der Waals surface area contributed by atoms with Crippen LogP contribution >= 0.6 is 11.6 Å². The fraction of sp³-hybridized carbons (Fsp3) is 0.500. The van der Waals surface area contributed by atoms with Gasteiger partial charge in [-0.05, 0) is 45.6 Å². The number of hydrogen-bond donors (Lipinski definition) is 2. The summed E-state index contributed by atoms with van der Waals surface area (Å²) in [6, 6.07) is 0.954. The normalized spacial score (nSPS) is 16.7. The molecule has 0 aliphatic heterocycles. The molecule has 31 heavy (non-hydrogen) atoms. The van der Waals surface area contributed by atoms with Gasteiger partial charge in [-0.15, -0.1) is 0 Å². The summed E-state index contributed by atoms with van der Waals surface area (Å²) in [6.07, 6.45) is 6.32. The highest BCUT2D eigenvalue weighted by Crippen LogP contribution is 2.33. The first-order chi connectivity index (χ1) is 14.9. The number of fused-ring (bicyclic) bond motifs is 1. The van der Waals surface area contributed by atoms with Crippen LogP contribution in [0.1, 0.15) is 57.7 Å². The minimum Gasteiger partial charge on any atom is -0.472 e. The molecule has 0 amide bonds. The van der Waals surface area contributed by atoms with Crippen molar-refractivity contribution in [1.29, 1.82) is 0 Å². The number of allylic oxidation sites excluding steroid dienone is 2. The van der Waals surface area contributed by atoms with Crippen LogP contribution in [0.2, 0.25) is 5.15 Å². The second-order valence-electron chi connectivity index (χ2n) is 7.78. The van der Waals surface area contributed by atoms with Crippen molar-refractivity contribution in [3.05, 3.63) is 41.2 Å². The number of hydrogen-bond acceptors (Lipinski definition) is 6. The predicted octanol–water partition coefficient (Wildman–Crippen LogP) is 4.59. The molecule has 2 aromatic rings. The molecular weight excluding hydrogens is 423 g/mol. The second kappa shape index (κ2) is 10.3. The summed E-state index contributed by atoms with van der Waals surface area (Å²) < 4.78 is 23.0. The van der Waals surface area contributed by atoms with Crippen LogP contribution in [0.3, 0.4) is 0 Å². The largest absolute Gasteiger partial charge is 0.472 e. The van der Waals surface area contributed by atoms with Crippen molar-refractivity contribution in [1.82, 2.24) is 14.8 Å². The predicted molar refractivity (Wildman–Crippen MR) is 120 cm³/mol. The van der Waals surface area contributed by atoms with Crippen LogP contribution in [0.15, 0.2) is 35.4 Å². The number of nitrogens with zero attached hydrogens (tertiary/aromatic N) is 4. The van der Waals surface area contributed by atoms with Gasteiger partial charge in [0.1, 0.15) is 17.0 Å². The average molecular weight is 451 g/mol. The zero-order valence-corrected chi connectivity index (χ0v) is 18.6. The van der Waals surface area contributed by atoms with E-state index >= 15 is 4.39 Å². The molecule has 1 aliphatic carbocycles. The Balaban J connectivity index is 2.11. The molecule has 168 valence electrons. The number of aromatic nitrogens is 3. The minimum absolute atomic E-state index is 0.0990. The summed E-state index contributed by atoms with van der Waals surface area (Å²) in [5, 5.41) is 24.3. The van der Waals surface area contributed by atoms with Crippen LogP contribution in [0.25, 0.3) is 16.5 Å². The number of aliphatic imine (C=N–C) groups is 1.